The molecule has 0 spiro atoms. The Morgan fingerprint density at radius 1 is 1.41 bits per heavy atom. The Bertz CT molecular complexity index is 462. The van der Waals surface area contributed by atoms with E-state index in [0.717, 1.165) is 0 Å². The number of H-pyrrole nitrogens is 1. The normalized spacial score (nSPS) is 22.8. The molecule has 1 aliphatic rings. The summed E-state index contributed by atoms with van der Waals surface area (Å²) in [5.74, 6) is -0.407. The maximum absolute atomic E-state index is 11.8. The molecule has 1 aliphatic heterocycles. The number of aromatic nitrogens is 2. The predicted molar refractivity (Wildman–Crippen MR) is 61.5 cm³/mol. The smallest absolute Gasteiger partial charge is 0.268 e. The van der Waals surface area contributed by atoms with Crippen LogP contribution < -0.4 is 10.6 Å². The molecule has 0 saturated carbocycles. The van der Waals surface area contributed by atoms with Crippen LogP contribution >= 0.6 is 0 Å². The van der Waals surface area contributed by atoms with Gasteiger partial charge in [-0.1, -0.05) is 13.8 Å². The number of rotatable bonds is 2. The van der Waals surface area contributed by atoms with Crippen LogP contribution in [0.5, 0.6) is 0 Å². The van der Waals surface area contributed by atoms with Crippen molar-refractivity contribution in [2.75, 3.05) is 0 Å². The Hall–Kier alpha value is -2.11. The van der Waals surface area contributed by atoms with Crippen LogP contribution in [0.3, 0.4) is 0 Å². The van der Waals surface area contributed by atoms with Crippen LogP contribution in [0, 0.1) is 5.92 Å². The van der Waals surface area contributed by atoms with Gasteiger partial charge in [0, 0.05) is 0 Å². The quantitative estimate of drug-likeness (QED) is 0.630. The fourth-order valence-corrected chi connectivity index (χ4v) is 1.62. The van der Waals surface area contributed by atoms with Crippen LogP contribution in [0.15, 0.2) is 18.2 Å². The van der Waals surface area contributed by atoms with E-state index in [4.69, 9.17) is 0 Å². The summed E-state index contributed by atoms with van der Waals surface area (Å²) < 4.78 is 0. The van der Waals surface area contributed by atoms with Gasteiger partial charge < -0.3 is 15.6 Å². The maximum Gasteiger partial charge on any atom is 0.268 e. The van der Waals surface area contributed by atoms with Gasteiger partial charge in [-0.3, -0.25) is 9.59 Å². The van der Waals surface area contributed by atoms with Crippen molar-refractivity contribution >= 4 is 17.9 Å². The van der Waals surface area contributed by atoms with Crippen molar-refractivity contribution in [3.05, 3.63) is 23.9 Å². The van der Waals surface area contributed by atoms with Crippen molar-refractivity contribution in [1.29, 1.82) is 0 Å². The molecule has 1 fully saturated rings. The summed E-state index contributed by atoms with van der Waals surface area (Å²) in [5.41, 5.74) is 0.898. The molecule has 2 heterocycles. The molecule has 1 saturated heterocycles. The number of amides is 2. The highest BCUT2D eigenvalue weighted by atomic mass is 16.2. The number of nitrogens with zero attached hydrogens (tertiary/aromatic N) is 1. The first kappa shape index (κ1) is 11.4. The zero-order valence-electron chi connectivity index (χ0n) is 9.65. The topological polar surface area (TPSA) is 86.9 Å². The Labute approximate surface area is 98.5 Å². The van der Waals surface area contributed by atoms with Crippen LogP contribution in [-0.2, 0) is 9.59 Å². The largest absolute Gasteiger partial charge is 0.345 e. The summed E-state index contributed by atoms with van der Waals surface area (Å²) in [4.78, 5) is 30.1. The number of aromatic amines is 1. The van der Waals surface area contributed by atoms with Gasteiger partial charge in [-0.25, -0.2) is 4.98 Å². The molecule has 6 nitrogen and oxygen atoms in total. The average Bonchev–Trinajstić information content (AvgIpc) is 2.75. The van der Waals surface area contributed by atoms with Crippen LogP contribution in [0.1, 0.15) is 19.5 Å². The first-order valence-electron chi connectivity index (χ1n) is 5.39. The highest BCUT2D eigenvalue weighted by molar-refractivity contribution is 6.07. The number of piperazine rings is 1. The zero-order chi connectivity index (χ0) is 12.4. The monoisotopic (exact) mass is 234 g/mol. The van der Waals surface area contributed by atoms with E-state index >= 15 is 0 Å². The van der Waals surface area contributed by atoms with Crippen molar-refractivity contribution in [2.24, 2.45) is 5.92 Å². The SMILES string of the molecule is CC(C)[C@@H]1NC(=O)C(=Cc2cnc[nH]2)NC1=O. The van der Waals surface area contributed by atoms with E-state index < -0.39 is 6.04 Å². The highest BCUT2D eigenvalue weighted by Crippen LogP contribution is 2.10. The summed E-state index contributed by atoms with van der Waals surface area (Å²) in [6, 6.07) is -0.471. The molecule has 0 bridgehead atoms. The highest BCUT2D eigenvalue weighted by Gasteiger charge is 2.31. The van der Waals surface area contributed by atoms with E-state index in [9.17, 15) is 9.59 Å². The van der Waals surface area contributed by atoms with E-state index in [1.54, 1.807) is 12.3 Å². The third-order valence-corrected chi connectivity index (χ3v) is 2.56. The summed E-state index contributed by atoms with van der Waals surface area (Å²) in [6.45, 7) is 3.77. The molecule has 3 N–H and O–H groups in total. The van der Waals surface area contributed by atoms with Crippen molar-refractivity contribution in [2.45, 2.75) is 19.9 Å². The fourth-order valence-electron chi connectivity index (χ4n) is 1.62. The van der Waals surface area contributed by atoms with Gasteiger partial charge in [0.25, 0.3) is 5.91 Å². The number of carbonyl (C=O) groups is 2. The fraction of sp³-hybridized carbons (Fsp3) is 0.364. The Morgan fingerprint density at radius 2 is 2.18 bits per heavy atom. The van der Waals surface area contributed by atoms with Gasteiger partial charge in [0.15, 0.2) is 0 Å². The Balaban J connectivity index is 2.18. The average molecular weight is 234 g/mol. The minimum absolute atomic E-state index is 0.0626. The van der Waals surface area contributed by atoms with Crippen LogP contribution in [0.2, 0.25) is 0 Å². The third kappa shape index (κ3) is 2.35. The van der Waals surface area contributed by atoms with E-state index in [1.807, 2.05) is 13.8 Å². The summed E-state index contributed by atoms with van der Waals surface area (Å²) in [5, 5.41) is 5.27. The first-order chi connectivity index (χ1) is 8.08. The lowest BCUT2D eigenvalue weighted by Crippen LogP contribution is -2.56. The minimum Gasteiger partial charge on any atom is -0.345 e. The molecular weight excluding hydrogens is 220 g/mol. The third-order valence-electron chi connectivity index (χ3n) is 2.56. The van der Waals surface area contributed by atoms with E-state index in [2.05, 4.69) is 20.6 Å². The molecule has 1 aromatic heterocycles. The van der Waals surface area contributed by atoms with Gasteiger partial charge in [0.2, 0.25) is 5.91 Å². The molecule has 90 valence electrons. The molecule has 0 radical (unpaired) electrons. The second-order valence-corrected chi connectivity index (χ2v) is 4.25. The molecule has 17 heavy (non-hydrogen) atoms. The standard InChI is InChI=1S/C11H14N4O2/c1-6(2)9-11(17)14-8(10(16)15-9)3-7-4-12-5-13-7/h3-6,9H,1-2H3,(H,12,13)(H,14,17)(H,15,16)/t9-/m0/s1. The van der Waals surface area contributed by atoms with Crippen molar-refractivity contribution in [1.82, 2.24) is 20.6 Å². The summed E-state index contributed by atoms with van der Waals surface area (Å²) >= 11 is 0. The van der Waals surface area contributed by atoms with E-state index in [1.165, 1.54) is 6.33 Å². The van der Waals surface area contributed by atoms with Crippen LogP contribution in [-0.4, -0.2) is 27.8 Å². The van der Waals surface area contributed by atoms with Crippen molar-refractivity contribution < 1.29 is 9.59 Å². The van der Waals surface area contributed by atoms with Gasteiger partial charge in [0.05, 0.1) is 18.2 Å². The van der Waals surface area contributed by atoms with E-state index in [-0.39, 0.29) is 23.4 Å². The lowest BCUT2D eigenvalue weighted by atomic mass is 10.0. The van der Waals surface area contributed by atoms with Gasteiger partial charge >= 0.3 is 0 Å². The molecule has 1 atom stereocenters. The minimum atomic E-state index is -0.471. The molecule has 2 amide bonds. The number of hydrogen-bond donors (Lipinski definition) is 3. The number of carbonyl (C=O) groups excluding carboxylic acids is 2. The second kappa shape index (κ2) is 4.40. The Morgan fingerprint density at radius 3 is 2.76 bits per heavy atom. The zero-order valence-corrected chi connectivity index (χ0v) is 9.65. The number of hydrogen-bond acceptors (Lipinski definition) is 3. The lowest BCUT2D eigenvalue weighted by Gasteiger charge is -2.27. The number of imidazole rings is 1. The Kier molecular flexibility index (Phi) is 2.95. The molecular formula is C11H14N4O2. The van der Waals surface area contributed by atoms with E-state index in [0.29, 0.717) is 5.69 Å². The first-order valence-corrected chi connectivity index (χ1v) is 5.39. The summed E-state index contributed by atoms with van der Waals surface area (Å²) in [7, 11) is 0. The van der Waals surface area contributed by atoms with Crippen molar-refractivity contribution in [3.63, 3.8) is 0 Å². The molecule has 0 aliphatic carbocycles. The molecule has 0 aromatic carbocycles. The lowest BCUT2D eigenvalue weighted by molar-refractivity contribution is -0.132. The van der Waals surface area contributed by atoms with Crippen molar-refractivity contribution in [3.8, 4) is 0 Å². The summed E-state index contributed by atoms with van der Waals surface area (Å²) in [6.07, 6.45) is 4.63. The van der Waals surface area contributed by atoms with Gasteiger partial charge in [-0.2, -0.15) is 0 Å². The second-order valence-electron chi connectivity index (χ2n) is 4.25. The predicted octanol–water partition coefficient (Wildman–Crippen LogP) is 0.0212. The molecule has 0 unspecified atom stereocenters. The molecule has 6 heteroatoms. The van der Waals surface area contributed by atoms with Gasteiger partial charge in [-0.15, -0.1) is 0 Å². The number of nitrogens with one attached hydrogen (secondary N) is 3. The van der Waals surface area contributed by atoms with Gasteiger partial charge in [-0.05, 0) is 12.0 Å². The van der Waals surface area contributed by atoms with Crippen LogP contribution in [0.25, 0.3) is 6.08 Å². The van der Waals surface area contributed by atoms with Crippen LogP contribution in [0.4, 0.5) is 0 Å². The maximum atomic E-state index is 11.8. The van der Waals surface area contributed by atoms with Gasteiger partial charge in [0.1, 0.15) is 11.7 Å². The molecule has 2 rings (SSSR count). The molecule has 1 aromatic rings.